The molecule has 2 nitrogen and oxygen atoms in total. The van der Waals surface area contributed by atoms with Crippen molar-refractivity contribution >= 4 is 11.6 Å². The lowest BCUT2D eigenvalue weighted by molar-refractivity contribution is -0.131. The topological polar surface area (TPSA) is 34.1 Å². The predicted octanol–water partition coefficient (Wildman–Crippen LogP) is 2.14. The van der Waals surface area contributed by atoms with Crippen LogP contribution in [-0.2, 0) is 9.59 Å². The third-order valence-corrected chi connectivity index (χ3v) is 2.70. The van der Waals surface area contributed by atoms with Crippen LogP contribution in [0.5, 0.6) is 0 Å². The fraction of sp³-hybridized carbons (Fsp3) is 0.636. The van der Waals surface area contributed by atoms with Crippen LogP contribution >= 0.6 is 0 Å². The van der Waals surface area contributed by atoms with E-state index in [0.717, 1.165) is 6.42 Å². The highest BCUT2D eigenvalue weighted by molar-refractivity contribution is 6.04. The monoisotopic (exact) mass is 180 g/mol. The highest BCUT2D eigenvalue weighted by atomic mass is 16.2. The maximum atomic E-state index is 11.6. The molecule has 0 N–H and O–H groups in total. The average molecular weight is 180 g/mol. The van der Waals surface area contributed by atoms with Gasteiger partial charge in [0.05, 0.1) is 5.92 Å². The summed E-state index contributed by atoms with van der Waals surface area (Å²) in [6, 6.07) is 0. The largest absolute Gasteiger partial charge is 0.299 e. The number of rotatable bonds is 4. The Labute approximate surface area is 79.0 Å². The lowest BCUT2D eigenvalue weighted by atomic mass is 9.90. The molecule has 0 amide bonds. The van der Waals surface area contributed by atoms with E-state index in [4.69, 9.17) is 0 Å². The average Bonchev–Trinajstić information content (AvgIpc) is 2.42. The van der Waals surface area contributed by atoms with Gasteiger partial charge in [-0.3, -0.25) is 9.59 Å². The SMILES string of the molecule is C=CCCC(=O)C1C(=O)CCC1C. The van der Waals surface area contributed by atoms with E-state index >= 15 is 0 Å². The van der Waals surface area contributed by atoms with E-state index in [1.54, 1.807) is 6.08 Å². The summed E-state index contributed by atoms with van der Waals surface area (Å²) in [7, 11) is 0. The predicted molar refractivity (Wildman–Crippen MR) is 51.3 cm³/mol. The van der Waals surface area contributed by atoms with Gasteiger partial charge in [-0.05, 0) is 18.8 Å². The maximum Gasteiger partial charge on any atom is 0.143 e. The van der Waals surface area contributed by atoms with Crippen LogP contribution in [0, 0.1) is 11.8 Å². The zero-order valence-corrected chi connectivity index (χ0v) is 8.08. The van der Waals surface area contributed by atoms with Gasteiger partial charge in [0.15, 0.2) is 0 Å². The number of allylic oxidation sites excluding steroid dienone is 1. The van der Waals surface area contributed by atoms with Crippen molar-refractivity contribution in [3.8, 4) is 0 Å². The van der Waals surface area contributed by atoms with Crippen molar-refractivity contribution in [3.63, 3.8) is 0 Å². The van der Waals surface area contributed by atoms with Gasteiger partial charge in [-0.15, -0.1) is 6.58 Å². The molecule has 2 atom stereocenters. The normalized spacial score (nSPS) is 27.6. The molecule has 1 aliphatic carbocycles. The molecule has 0 aromatic heterocycles. The molecule has 1 saturated carbocycles. The Morgan fingerprint density at radius 3 is 2.85 bits per heavy atom. The van der Waals surface area contributed by atoms with E-state index in [0.29, 0.717) is 19.3 Å². The smallest absolute Gasteiger partial charge is 0.143 e. The molecule has 0 saturated heterocycles. The van der Waals surface area contributed by atoms with Crippen LogP contribution < -0.4 is 0 Å². The standard InChI is InChI=1S/C11H16O2/c1-3-4-5-9(12)11-8(2)6-7-10(11)13/h3,8,11H,1,4-7H2,2H3. The number of Topliss-reactive ketones (excluding diaryl/α,β-unsaturated/α-hetero) is 2. The van der Waals surface area contributed by atoms with Crippen LogP contribution in [0.2, 0.25) is 0 Å². The van der Waals surface area contributed by atoms with Crippen molar-refractivity contribution in [3.05, 3.63) is 12.7 Å². The van der Waals surface area contributed by atoms with Gasteiger partial charge < -0.3 is 0 Å². The maximum absolute atomic E-state index is 11.6. The first kappa shape index (κ1) is 10.2. The van der Waals surface area contributed by atoms with Crippen LogP contribution in [0.1, 0.15) is 32.6 Å². The molecule has 0 aromatic rings. The lowest BCUT2D eigenvalue weighted by Gasteiger charge is -2.11. The minimum atomic E-state index is -0.306. The summed E-state index contributed by atoms with van der Waals surface area (Å²) >= 11 is 0. The molecule has 0 aliphatic heterocycles. The van der Waals surface area contributed by atoms with E-state index in [1.807, 2.05) is 6.92 Å². The molecule has 0 radical (unpaired) electrons. The highest BCUT2D eigenvalue weighted by Crippen LogP contribution is 2.29. The third kappa shape index (κ3) is 2.27. The highest BCUT2D eigenvalue weighted by Gasteiger charge is 2.36. The zero-order chi connectivity index (χ0) is 9.84. The molecule has 1 rings (SSSR count). The van der Waals surface area contributed by atoms with Gasteiger partial charge in [0, 0.05) is 12.8 Å². The Morgan fingerprint density at radius 1 is 1.69 bits per heavy atom. The number of carbonyl (C=O) groups is 2. The fourth-order valence-electron chi connectivity index (χ4n) is 1.91. The van der Waals surface area contributed by atoms with Gasteiger partial charge in [0.1, 0.15) is 11.6 Å². The molecular formula is C11H16O2. The van der Waals surface area contributed by atoms with Crippen molar-refractivity contribution in [1.29, 1.82) is 0 Å². The Balaban J connectivity index is 2.54. The molecule has 0 spiro atoms. The van der Waals surface area contributed by atoms with Crippen LogP contribution in [0.4, 0.5) is 0 Å². The second kappa shape index (κ2) is 4.35. The number of ketones is 2. The Hall–Kier alpha value is -0.920. The first-order valence-electron chi connectivity index (χ1n) is 4.83. The van der Waals surface area contributed by atoms with Gasteiger partial charge in [0.2, 0.25) is 0 Å². The summed E-state index contributed by atoms with van der Waals surface area (Å²) in [5, 5.41) is 0. The molecule has 0 bridgehead atoms. The van der Waals surface area contributed by atoms with Crippen LogP contribution in [0.15, 0.2) is 12.7 Å². The summed E-state index contributed by atoms with van der Waals surface area (Å²) in [5.74, 6) is 0.196. The Kier molecular flexibility index (Phi) is 3.40. The quantitative estimate of drug-likeness (QED) is 0.490. The molecule has 0 heterocycles. The first-order valence-corrected chi connectivity index (χ1v) is 4.83. The molecule has 2 unspecified atom stereocenters. The minimum absolute atomic E-state index is 0.106. The van der Waals surface area contributed by atoms with Gasteiger partial charge in [-0.25, -0.2) is 0 Å². The second-order valence-corrected chi connectivity index (χ2v) is 3.75. The van der Waals surface area contributed by atoms with E-state index in [-0.39, 0.29) is 23.4 Å². The molecular weight excluding hydrogens is 164 g/mol. The Morgan fingerprint density at radius 2 is 2.38 bits per heavy atom. The van der Waals surface area contributed by atoms with Crippen molar-refractivity contribution in [2.24, 2.45) is 11.8 Å². The minimum Gasteiger partial charge on any atom is -0.299 e. The summed E-state index contributed by atoms with van der Waals surface area (Å²) < 4.78 is 0. The van der Waals surface area contributed by atoms with Gasteiger partial charge in [-0.2, -0.15) is 0 Å². The molecule has 13 heavy (non-hydrogen) atoms. The van der Waals surface area contributed by atoms with Crippen molar-refractivity contribution in [2.75, 3.05) is 0 Å². The van der Waals surface area contributed by atoms with Crippen LogP contribution in [-0.4, -0.2) is 11.6 Å². The molecule has 0 aromatic carbocycles. The van der Waals surface area contributed by atoms with Gasteiger partial charge >= 0.3 is 0 Å². The third-order valence-electron chi connectivity index (χ3n) is 2.70. The summed E-state index contributed by atoms with van der Waals surface area (Å²) in [4.78, 5) is 22.9. The lowest BCUT2D eigenvalue weighted by Crippen LogP contribution is -2.23. The summed E-state index contributed by atoms with van der Waals surface area (Å²) in [5.41, 5.74) is 0. The van der Waals surface area contributed by atoms with Gasteiger partial charge in [-0.1, -0.05) is 13.0 Å². The van der Waals surface area contributed by atoms with Crippen LogP contribution in [0.25, 0.3) is 0 Å². The zero-order valence-electron chi connectivity index (χ0n) is 8.08. The van der Waals surface area contributed by atoms with Gasteiger partial charge in [0.25, 0.3) is 0 Å². The molecule has 1 aliphatic rings. The number of carbonyl (C=O) groups excluding carboxylic acids is 2. The summed E-state index contributed by atoms with van der Waals surface area (Å²) in [6.45, 7) is 5.55. The van der Waals surface area contributed by atoms with Crippen molar-refractivity contribution < 1.29 is 9.59 Å². The summed E-state index contributed by atoms with van der Waals surface area (Å²) in [6.07, 6.45) is 4.36. The molecule has 1 fully saturated rings. The van der Waals surface area contributed by atoms with Crippen LogP contribution in [0.3, 0.4) is 0 Å². The fourth-order valence-corrected chi connectivity index (χ4v) is 1.91. The number of hydrogen-bond acceptors (Lipinski definition) is 2. The van der Waals surface area contributed by atoms with E-state index in [1.165, 1.54) is 0 Å². The van der Waals surface area contributed by atoms with E-state index in [2.05, 4.69) is 6.58 Å². The Bertz CT molecular complexity index is 230. The molecule has 72 valence electrons. The number of hydrogen-bond donors (Lipinski definition) is 0. The van der Waals surface area contributed by atoms with Crippen molar-refractivity contribution in [2.45, 2.75) is 32.6 Å². The van der Waals surface area contributed by atoms with E-state index < -0.39 is 0 Å². The first-order chi connectivity index (χ1) is 6.16. The molecule has 2 heteroatoms. The van der Waals surface area contributed by atoms with E-state index in [9.17, 15) is 9.59 Å². The second-order valence-electron chi connectivity index (χ2n) is 3.75. The van der Waals surface area contributed by atoms with Crippen molar-refractivity contribution in [1.82, 2.24) is 0 Å².